The highest BCUT2D eigenvalue weighted by Crippen LogP contribution is 2.34. The molecule has 4 aromatic carbocycles. The summed E-state index contributed by atoms with van der Waals surface area (Å²) in [5.74, 6) is 0.782. The number of nitrogens with zero attached hydrogens (tertiary/aromatic N) is 3. The number of aryl methyl sites for hydroxylation is 2. The van der Waals surface area contributed by atoms with Crippen molar-refractivity contribution in [1.29, 1.82) is 0 Å². The molecule has 1 aliphatic heterocycles. The molecule has 2 unspecified atom stereocenters. The number of phenolic OH excluding ortho intramolecular Hbond substituents is 1. The SMILES string of the molecule is CC(C)C.CCCCCCCCOC(=O)CCCCCCCC1OC1CCCCCCCC.CCCCOC(=O)c1ccccc1C(=O)OC.Cc1cc(C)c(O)c(-n2n3c4ccccc4n23)c1.O=POc1ccccc1. The van der Waals surface area contributed by atoms with Crippen molar-refractivity contribution in [2.24, 2.45) is 5.92 Å². The van der Waals surface area contributed by atoms with Gasteiger partial charge in [-0.3, -0.25) is 4.79 Å². The van der Waals surface area contributed by atoms with Crippen molar-refractivity contribution in [2.75, 3.05) is 20.3 Å². The van der Waals surface area contributed by atoms with Gasteiger partial charge in [-0.15, -0.1) is 14.1 Å². The van der Waals surface area contributed by atoms with Crippen LogP contribution in [0.5, 0.6) is 11.5 Å². The van der Waals surface area contributed by atoms with Crippen LogP contribution in [-0.4, -0.2) is 69.6 Å². The molecule has 0 saturated carbocycles. The van der Waals surface area contributed by atoms with Crippen molar-refractivity contribution < 1.29 is 47.5 Å². The molecule has 1 saturated heterocycles. The second-order valence-corrected chi connectivity index (χ2v) is 20.9. The summed E-state index contributed by atoms with van der Waals surface area (Å²) in [5, 5.41) is 10.2. The molecule has 2 aromatic heterocycles. The van der Waals surface area contributed by atoms with E-state index in [4.69, 9.17) is 14.2 Å². The fraction of sp³-hybridized carbons (Fsp3) is 0.571. The Labute approximate surface area is 462 Å². The molecule has 3 heterocycles. The summed E-state index contributed by atoms with van der Waals surface area (Å²) in [5.41, 5.74) is 5.73. The minimum atomic E-state index is -0.534. The van der Waals surface area contributed by atoms with E-state index in [1.54, 1.807) is 36.4 Å². The van der Waals surface area contributed by atoms with E-state index in [-0.39, 0.29) is 25.8 Å². The molecule has 14 heteroatoms. The summed E-state index contributed by atoms with van der Waals surface area (Å²) >= 11 is 0. The van der Waals surface area contributed by atoms with Gasteiger partial charge < -0.3 is 28.6 Å². The summed E-state index contributed by atoms with van der Waals surface area (Å²) in [7, 11) is 0.974. The van der Waals surface area contributed by atoms with Crippen molar-refractivity contribution in [3.8, 4) is 17.2 Å². The van der Waals surface area contributed by atoms with Gasteiger partial charge in [-0.05, 0) is 105 Å². The lowest BCUT2D eigenvalue weighted by Crippen LogP contribution is -2.13. The molecule has 426 valence electrons. The van der Waals surface area contributed by atoms with Crippen LogP contribution in [0.3, 0.4) is 0 Å². The topological polar surface area (TPSA) is 152 Å². The first-order chi connectivity index (χ1) is 37.3. The molecule has 0 bridgehead atoms. The Kier molecular flexibility index (Phi) is 33.1. The van der Waals surface area contributed by atoms with Gasteiger partial charge in [0.05, 0.1) is 43.7 Å². The Morgan fingerprint density at radius 3 is 1.60 bits per heavy atom. The smallest absolute Gasteiger partial charge is 0.395 e. The van der Waals surface area contributed by atoms with Crippen molar-refractivity contribution >= 4 is 37.6 Å². The maximum absolute atomic E-state index is 11.7. The molecule has 1 aliphatic rings. The quantitative estimate of drug-likeness (QED) is 0.0152. The van der Waals surface area contributed by atoms with Gasteiger partial charge in [0.15, 0.2) is 0 Å². The highest BCUT2D eigenvalue weighted by atomic mass is 31.1. The van der Waals surface area contributed by atoms with E-state index in [9.17, 15) is 24.1 Å². The fourth-order valence-corrected chi connectivity index (χ4v) is 8.75. The molecule has 0 radical (unpaired) electrons. The predicted molar refractivity (Wildman–Crippen MR) is 311 cm³/mol. The van der Waals surface area contributed by atoms with Crippen LogP contribution in [0.15, 0.2) is 91.0 Å². The molecular formula is C63H94N3O10P. The van der Waals surface area contributed by atoms with Gasteiger partial charge in [-0.1, -0.05) is 193 Å². The van der Waals surface area contributed by atoms with E-state index < -0.39 is 11.9 Å². The number of phenols is 1. The van der Waals surface area contributed by atoms with Crippen molar-refractivity contribution in [2.45, 2.75) is 209 Å². The highest BCUT2D eigenvalue weighted by Gasteiger charge is 2.36. The van der Waals surface area contributed by atoms with E-state index in [0.717, 1.165) is 54.8 Å². The number of hydrogen-bond acceptors (Lipinski definition) is 10. The monoisotopic (exact) mass is 1080 g/mol. The summed E-state index contributed by atoms with van der Waals surface area (Å²) < 4.78 is 39.4. The fourth-order valence-electron chi connectivity index (χ4n) is 8.55. The molecular weight excluding hydrogens is 990 g/mol. The van der Waals surface area contributed by atoms with Gasteiger partial charge in [0.2, 0.25) is 0 Å². The zero-order valence-corrected chi connectivity index (χ0v) is 49.2. The van der Waals surface area contributed by atoms with Crippen LogP contribution in [-0.2, 0) is 28.3 Å². The van der Waals surface area contributed by atoms with Crippen LogP contribution in [0.4, 0.5) is 0 Å². The first kappa shape index (κ1) is 65.6. The van der Waals surface area contributed by atoms with Crippen LogP contribution in [0.2, 0.25) is 0 Å². The minimum absolute atomic E-state index is 0.00229. The van der Waals surface area contributed by atoms with E-state index in [1.165, 1.54) is 121 Å². The number of carbonyl (C=O) groups excluding carboxylic acids is 3. The number of benzene rings is 4. The average Bonchev–Trinajstić information content (AvgIpc) is 4.37. The first-order valence-electron chi connectivity index (χ1n) is 28.8. The number of epoxide rings is 1. The molecule has 0 spiro atoms. The second kappa shape index (κ2) is 38.8. The molecule has 0 amide bonds. The highest BCUT2D eigenvalue weighted by molar-refractivity contribution is 7.17. The molecule has 0 aliphatic carbocycles. The number of carbonyl (C=O) groups is 3. The van der Waals surface area contributed by atoms with Crippen LogP contribution >= 0.6 is 8.69 Å². The summed E-state index contributed by atoms with van der Waals surface area (Å²) in [6.45, 7) is 18.0. The van der Waals surface area contributed by atoms with Gasteiger partial charge in [-0.25, -0.2) is 14.2 Å². The van der Waals surface area contributed by atoms with E-state index >= 15 is 0 Å². The molecule has 2 atom stereocenters. The zero-order valence-electron chi connectivity index (χ0n) is 48.3. The Hall–Kier alpha value is -5.65. The van der Waals surface area contributed by atoms with Crippen molar-refractivity contribution in [1.82, 2.24) is 14.1 Å². The summed E-state index contributed by atoms with van der Waals surface area (Å²) in [6, 6.07) is 27.6. The molecule has 1 N–H and O–H groups in total. The Morgan fingerprint density at radius 1 is 0.597 bits per heavy atom. The number of ether oxygens (including phenoxy) is 4. The molecule has 13 nitrogen and oxygen atoms in total. The lowest BCUT2D eigenvalue weighted by atomic mass is 10.0. The third kappa shape index (κ3) is 25.6. The van der Waals surface area contributed by atoms with E-state index in [0.29, 0.717) is 43.3 Å². The zero-order chi connectivity index (χ0) is 56.2. The van der Waals surface area contributed by atoms with Gasteiger partial charge in [0.25, 0.3) is 0 Å². The van der Waals surface area contributed by atoms with Crippen molar-refractivity contribution in [3.63, 3.8) is 0 Å². The normalized spacial score (nSPS) is 13.4. The summed E-state index contributed by atoms with van der Waals surface area (Å²) in [4.78, 5) is 36.9. The molecule has 7 rings (SSSR count). The number of rotatable bonds is 30. The maximum atomic E-state index is 11.7. The van der Waals surface area contributed by atoms with Gasteiger partial charge in [0.1, 0.15) is 28.2 Å². The predicted octanol–water partition coefficient (Wildman–Crippen LogP) is 17.2. The number of esters is 3. The average molecular weight is 1080 g/mol. The lowest BCUT2D eigenvalue weighted by molar-refractivity contribution is -0.143. The number of hydrogen-bond donors (Lipinski definition) is 1. The van der Waals surface area contributed by atoms with E-state index in [2.05, 4.69) is 56.0 Å². The van der Waals surface area contributed by atoms with Crippen LogP contribution in [0, 0.1) is 19.8 Å². The Morgan fingerprint density at radius 2 is 1.06 bits per heavy atom. The Balaban J connectivity index is 0.000000280. The number of fused-ring (bicyclic) bond motifs is 4. The van der Waals surface area contributed by atoms with E-state index in [1.807, 2.05) is 77.3 Å². The largest absolute Gasteiger partial charge is 0.505 e. The second-order valence-electron chi connectivity index (χ2n) is 20.6. The number of unbranched alkanes of at least 4 members (excludes halogenated alkanes) is 15. The van der Waals surface area contributed by atoms with Gasteiger partial charge >= 0.3 is 26.6 Å². The maximum Gasteiger partial charge on any atom is 0.395 e. The molecule has 1 fully saturated rings. The third-order valence-electron chi connectivity index (χ3n) is 12.8. The molecule has 77 heavy (non-hydrogen) atoms. The number of para-hydroxylation sites is 3. The van der Waals surface area contributed by atoms with Crippen molar-refractivity contribution in [3.05, 3.63) is 113 Å². The van der Waals surface area contributed by atoms with Crippen LogP contribution < -0.4 is 4.52 Å². The minimum Gasteiger partial charge on any atom is -0.505 e. The number of aromatic nitrogens is 3. The van der Waals surface area contributed by atoms with Crippen LogP contribution in [0.1, 0.15) is 215 Å². The number of aromatic hydroxyl groups is 1. The number of methoxy groups -OCH3 is 1. The summed E-state index contributed by atoms with van der Waals surface area (Å²) in [6.07, 6.45) is 27.6. The first-order valence-corrected chi connectivity index (χ1v) is 29.6. The third-order valence-corrected chi connectivity index (χ3v) is 13.1. The van der Waals surface area contributed by atoms with Crippen LogP contribution in [0.25, 0.3) is 16.7 Å². The lowest BCUT2D eigenvalue weighted by Gasteiger charge is -2.07. The Bertz CT molecular complexity index is 2470. The standard InChI is InChI=1S/C26H50O3.C14H13N3O.C13H16O4.C6H5O2P.C4H10/c1-3-5-7-9-12-16-20-24-25(29-24)21-17-13-11-14-18-22-26(27)28-23-19-15-10-8-6-4-2;1-9-7-10(2)14(18)13(8-9)17-15-11-5-3-4-6-12(11)16(15)17;1-3-4-9-17-13(15)11-8-6-5-7-10(11)12(14)16-2;7-9-8-6-4-2-1-3-5-6;1-4(2)3/h24-25H,3-23H2,1-2H3;3-8,18H,1-2H3;5-8H,3-4,9H2,1-2H3;1-5H;4H,1-3H3. The molecule has 6 aromatic rings. The van der Waals surface area contributed by atoms with Gasteiger partial charge in [-0.2, -0.15) is 0 Å². The van der Waals surface area contributed by atoms with Gasteiger partial charge in [0, 0.05) is 6.42 Å².